The van der Waals surface area contributed by atoms with Crippen LogP contribution in [-0.4, -0.2) is 33.6 Å². The van der Waals surface area contributed by atoms with Gasteiger partial charge in [0.1, 0.15) is 6.04 Å². The first kappa shape index (κ1) is 15.9. The molecule has 1 atom stereocenters. The van der Waals surface area contributed by atoms with Crippen molar-refractivity contribution < 1.29 is 14.5 Å². The second kappa shape index (κ2) is 6.36. The van der Waals surface area contributed by atoms with E-state index in [2.05, 4.69) is 10.3 Å². The van der Waals surface area contributed by atoms with Gasteiger partial charge in [0, 0.05) is 14.0 Å². The first-order valence-corrected chi connectivity index (χ1v) is 6.30. The first-order valence-electron chi connectivity index (χ1n) is 6.30. The van der Waals surface area contributed by atoms with E-state index in [0.717, 1.165) is 0 Å². The van der Waals surface area contributed by atoms with Crippen molar-refractivity contribution in [3.63, 3.8) is 0 Å². The molecular weight excluding hydrogens is 264 g/mol. The van der Waals surface area contributed by atoms with Crippen LogP contribution in [0.2, 0.25) is 0 Å². The number of aryl methyl sites for hydroxylation is 1. The molecule has 1 heterocycles. The fourth-order valence-corrected chi connectivity index (χ4v) is 1.87. The topological polar surface area (TPSA) is 99.3 Å². The van der Waals surface area contributed by atoms with E-state index in [9.17, 15) is 14.9 Å². The zero-order valence-corrected chi connectivity index (χ0v) is 12.3. The van der Waals surface area contributed by atoms with Crippen LogP contribution in [0.3, 0.4) is 0 Å². The van der Waals surface area contributed by atoms with Crippen molar-refractivity contribution >= 4 is 17.6 Å². The molecule has 1 rings (SSSR count). The standard InChI is InChI=1S/C12H20N4O4/c1-7(2)6-9(12(17)20-5)14-10-11(16(18)19)13-8(3)15(10)4/h7,9,14H,6H2,1-5H3. The van der Waals surface area contributed by atoms with Gasteiger partial charge in [-0.1, -0.05) is 13.8 Å². The number of hydrogen-bond acceptors (Lipinski definition) is 6. The number of nitrogens with one attached hydrogen (secondary N) is 1. The summed E-state index contributed by atoms with van der Waals surface area (Å²) in [6, 6.07) is -0.645. The predicted octanol–water partition coefficient (Wildman–Crippen LogP) is 1.64. The van der Waals surface area contributed by atoms with Crippen molar-refractivity contribution in [1.29, 1.82) is 0 Å². The molecule has 1 aromatic rings. The van der Waals surface area contributed by atoms with Crippen LogP contribution in [0.4, 0.5) is 11.6 Å². The van der Waals surface area contributed by atoms with Gasteiger partial charge in [0.15, 0.2) is 0 Å². The third kappa shape index (κ3) is 3.46. The van der Waals surface area contributed by atoms with Gasteiger partial charge in [0.05, 0.1) is 7.11 Å². The molecule has 8 heteroatoms. The largest absolute Gasteiger partial charge is 0.467 e. The smallest absolute Gasteiger partial charge is 0.406 e. The lowest BCUT2D eigenvalue weighted by Gasteiger charge is -2.19. The molecule has 0 spiro atoms. The molecule has 112 valence electrons. The highest BCUT2D eigenvalue weighted by Crippen LogP contribution is 2.25. The molecule has 0 fully saturated rings. The Morgan fingerprint density at radius 1 is 1.55 bits per heavy atom. The van der Waals surface area contributed by atoms with E-state index in [1.54, 1.807) is 18.5 Å². The number of rotatable bonds is 6. The second-order valence-electron chi connectivity index (χ2n) is 5.00. The molecule has 0 aliphatic heterocycles. The van der Waals surface area contributed by atoms with E-state index >= 15 is 0 Å². The molecule has 0 saturated heterocycles. The summed E-state index contributed by atoms with van der Waals surface area (Å²) in [5.74, 6) is 0.199. The van der Waals surface area contributed by atoms with Gasteiger partial charge >= 0.3 is 11.8 Å². The van der Waals surface area contributed by atoms with Gasteiger partial charge in [-0.25, -0.2) is 4.79 Å². The van der Waals surface area contributed by atoms with Crippen LogP contribution in [0.5, 0.6) is 0 Å². The van der Waals surface area contributed by atoms with Crippen molar-refractivity contribution in [2.45, 2.75) is 33.2 Å². The van der Waals surface area contributed by atoms with Crippen LogP contribution in [0.15, 0.2) is 0 Å². The minimum Gasteiger partial charge on any atom is -0.467 e. The van der Waals surface area contributed by atoms with Crippen LogP contribution in [0.25, 0.3) is 0 Å². The maximum absolute atomic E-state index is 11.8. The predicted molar refractivity (Wildman–Crippen MR) is 73.5 cm³/mol. The minimum absolute atomic E-state index is 0.212. The summed E-state index contributed by atoms with van der Waals surface area (Å²) in [4.78, 5) is 26.1. The Bertz CT molecular complexity index is 510. The maximum Gasteiger partial charge on any atom is 0.406 e. The Hall–Kier alpha value is -2.12. The number of imidazole rings is 1. The van der Waals surface area contributed by atoms with E-state index in [4.69, 9.17) is 4.74 Å². The molecule has 1 unspecified atom stereocenters. The molecule has 0 bridgehead atoms. The van der Waals surface area contributed by atoms with Crippen molar-refractivity contribution in [2.24, 2.45) is 13.0 Å². The summed E-state index contributed by atoms with van der Waals surface area (Å²) < 4.78 is 6.28. The van der Waals surface area contributed by atoms with E-state index < -0.39 is 16.9 Å². The number of hydrogen-bond donors (Lipinski definition) is 1. The summed E-state index contributed by atoms with van der Waals surface area (Å²) in [7, 11) is 2.95. The average Bonchev–Trinajstić information content (AvgIpc) is 2.64. The monoisotopic (exact) mass is 284 g/mol. The van der Waals surface area contributed by atoms with Crippen molar-refractivity contribution in [3.05, 3.63) is 15.9 Å². The number of carbonyl (C=O) groups excluding carboxylic acids is 1. The van der Waals surface area contributed by atoms with Gasteiger partial charge < -0.3 is 20.2 Å². The quantitative estimate of drug-likeness (QED) is 0.484. The number of nitrogens with zero attached hydrogens (tertiary/aromatic N) is 3. The van der Waals surface area contributed by atoms with Gasteiger partial charge in [-0.15, -0.1) is 0 Å². The molecule has 20 heavy (non-hydrogen) atoms. The van der Waals surface area contributed by atoms with Gasteiger partial charge in [-0.3, -0.25) is 4.57 Å². The number of nitro groups is 1. The highest BCUT2D eigenvalue weighted by molar-refractivity contribution is 5.79. The van der Waals surface area contributed by atoms with E-state index in [1.165, 1.54) is 7.11 Å². The van der Waals surface area contributed by atoms with Crippen LogP contribution in [0, 0.1) is 23.0 Å². The molecule has 0 aromatic carbocycles. The maximum atomic E-state index is 11.8. The normalized spacial score (nSPS) is 12.3. The number of esters is 1. The molecule has 0 radical (unpaired) electrons. The Balaban J connectivity index is 3.10. The summed E-state index contributed by atoms with van der Waals surface area (Å²) >= 11 is 0. The molecule has 0 aliphatic rings. The van der Waals surface area contributed by atoms with Crippen molar-refractivity contribution in [2.75, 3.05) is 12.4 Å². The summed E-state index contributed by atoms with van der Waals surface area (Å²) in [5.41, 5.74) is 0. The zero-order valence-electron chi connectivity index (χ0n) is 12.3. The highest BCUT2D eigenvalue weighted by atomic mass is 16.6. The third-order valence-electron chi connectivity index (χ3n) is 2.98. The van der Waals surface area contributed by atoms with E-state index in [-0.39, 0.29) is 17.6 Å². The van der Waals surface area contributed by atoms with Gasteiger partial charge in [0.25, 0.3) is 0 Å². The minimum atomic E-state index is -0.645. The van der Waals surface area contributed by atoms with E-state index in [0.29, 0.717) is 12.2 Å². The molecule has 8 nitrogen and oxygen atoms in total. The van der Waals surface area contributed by atoms with Crippen molar-refractivity contribution in [1.82, 2.24) is 9.55 Å². The van der Waals surface area contributed by atoms with E-state index in [1.807, 2.05) is 13.8 Å². The average molecular weight is 284 g/mol. The lowest BCUT2D eigenvalue weighted by Crippen LogP contribution is -2.33. The summed E-state index contributed by atoms with van der Waals surface area (Å²) in [5, 5.41) is 13.9. The zero-order chi connectivity index (χ0) is 15.4. The summed E-state index contributed by atoms with van der Waals surface area (Å²) in [6.45, 7) is 5.58. The fraction of sp³-hybridized carbons (Fsp3) is 0.667. The Morgan fingerprint density at radius 2 is 2.15 bits per heavy atom. The number of anilines is 1. The lowest BCUT2D eigenvalue weighted by molar-refractivity contribution is -0.388. The molecule has 1 N–H and O–H groups in total. The van der Waals surface area contributed by atoms with Crippen LogP contribution in [-0.2, 0) is 16.6 Å². The molecular formula is C12H20N4O4. The van der Waals surface area contributed by atoms with Crippen LogP contribution in [0.1, 0.15) is 26.1 Å². The summed E-state index contributed by atoms with van der Waals surface area (Å²) in [6.07, 6.45) is 0.508. The SMILES string of the molecule is COC(=O)C(CC(C)C)Nc1c([N+](=O)[O-])nc(C)n1C. The number of aromatic nitrogens is 2. The second-order valence-corrected chi connectivity index (χ2v) is 5.00. The van der Waals surface area contributed by atoms with Gasteiger partial charge in [-0.05, 0) is 22.2 Å². The molecule has 0 amide bonds. The lowest BCUT2D eigenvalue weighted by atomic mass is 10.0. The van der Waals surface area contributed by atoms with Gasteiger partial charge in [-0.2, -0.15) is 0 Å². The first-order chi connectivity index (χ1) is 9.27. The van der Waals surface area contributed by atoms with Gasteiger partial charge in [0.2, 0.25) is 11.6 Å². The van der Waals surface area contributed by atoms with Crippen LogP contribution < -0.4 is 5.32 Å². The fourth-order valence-electron chi connectivity index (χ4n) is 1.87. The molecule has 1 aromatic heterocycles. The molecule has 0 aliphatic carbocycles. The van der Waals surface area contributed by atoms with Crippen LogP contribution >= 0.6 is 0 Å². The Morgan fingerprint density at radius 3 is 2.60 bits per heavy atom. The van der Waals surface area contributed by atoms with Crippen molar-refractivity contribution in [3.8, 4) is 0 Å². The number of methoxy groups -OCH3 is 1. The highest BCUT2D eigenvalue weighted by Gasteiger charge is 2.29. The molecule has 0 saturated carbocycles. The third-order valence-corrected chi connectivity index (χ3v) is 2.98. The number of ether oxygens (including phenoxy) is 1. The Labute approximate surface area is 117 Å². The Kier molecular flexibility index (Phi) is 5.06. The number of carbonyl (C=O) groups is 1.